The molecule has 0 amide bonds. The van der Waals surface area contributed by atoms with Gasteiger partial charge >= 0.3 is 0 Å². The van der Waals surface area contributed by atoms with Crippen molar-refractivity contribution in [2.24, 2.45) is 5.73 Å². The maximum atomic E-state index is 5.95. The van der Waals surface area contributed by atoms with Crippen molar-refractivity contribution in [3.8, 4) is 0 Å². The number of hydrogen-bond donors (Lipinski definition) is 1. The lowest BCUT2D eigenvalue weighted by Gasteiger charge is -2.26. The van der Waals surface area contributed by atoms with Crippen molar-refractivity contribution in [2.45, 2.75) is 32.7 Å². The van der Waals surface area contributed by atoms with Gasteiger partial charge in [-0.05, 0) is 27.8 Å². The van der Waals surface area contributed by atoms with Gasteiger partial charge in [-0.25, -0.2) is 4.98 Å². The van der Waals surface area contributed by atoms with Gasteiger partial charge in [0.15, 0.2) is 0 Å². The van der Waals surface area contributed by atoms with Crippen LogP contribution in [0.15, 0.2) is 6.20 Å². The second-order valence-electron chi connectivity index (χ2n) is 4.84. The summed E-state index contributed by atoms with van der Waals surface area (Å²) in [6.07, 6.45) is 2.96. The first-order chi connectivity index (χ1) is 6.87. The molecule has 2 N–H and O–H groups in total. The van der Waals surface area contributed by atoms with Gasteiger partial charge < -0.3 is 10.6 Å². The Balaban J connectivity index is 2.31. The zero-order chi connectivity index (χ0) is 11.5. The molecule has 1 heterocycles. The molecule has 0 spiro atoms. The number of rotatable bonds is 5. The van der Waals surface area contributed by atoms with E-state index in [9.17, 15) is 0 Å². The standard InChI is InChI=1S/C11H21N3S/c1-9-7-13-10(15-9)5-6-14(4)8-11(2,3)12/h7H,5-6,8,12H2,1-4H3. The highest BCUT2D eigenvalue weighted by Gasteiger charge is 2.13. The average molecular weight is 227 g/mol. The molecule has 0 saturated heterocycles. The van der Waals surface area contributed by atoms with Crippen LogP contribution in [-0.4, -0.2) is 35.6 Å². The summed E-state index contributed by atoms with van der Waals surface area (Å²) < 4.78 is 0. The normalized spacial score (nSPS) is 12.4. The Morgan fingerprint density at radius 1 is 1.53 bits per heavy atom. The minimum Gasteiger partial charge on any atom is -0.324 e. The molecule has 1 rings (SSSR count). The lowest BCUT2D eigenvalue weighted by Crippen LogP contribution is -2.44. The molecule has 15 heavy (non-hydrogen) atoms. The lowest BCUT2D eigenvalue weighted by atomic mass is 10.1. The number of nitrogens with two attached hydrogens (primary N) is 1. The highest BCUT2D eigenvalue weighted by molar-refractivity contribution is 7.11. The summed E-state index contributed by atoms with van der Waals surface area (Å²) >= 11 is 1.78. The maximum Gasteiger partial charge on any atom is 0.0940 e. The van der Waals surface area contributed by atoms with Crippen molar-refractivity contribution in [2.75, 3.05) is 20.1 Å². The predicted molar refractivity (Wildman–Crippen MR) is 66.3 cm³/mol. The van der Waals surface area contributed by atoms with E-state index in [-0.39, 0.29) is 5.54 Å². The van der Waals surface area contributed by atoms with Crippen LogP contribution in [0.5, 0.6) is 0 Å². The van der Waals surface area contributed by atoms with Gasteiger partial charge in [-0.3, -0.25) is 0 Å². The lowest BCUT2D eigenvalue weighted by molar-refractivity contribution is 0.273. The largest absolute Gasteiger partial charge is 0.324 e. The van der Waals surface area contributed by atoms with Crippen LogP contribution in [0.25, 0.3) is 0 Å². The van der Waals surface area contributed by atoms with Crippen LogP contribution in [0.3, 0.4) is 0 Å². The molecule has 0 bridgehead atoms. The second kappa shape index (κ2) is 5.05. The van der Waals surface area contributed by atoms with Gasteiger partial charge in [0.05, 0.1) is 5.01 Å². The Morgan fingerprint density at radius 3 is 2.67 bits per heavy atom. The van der Waals surface area contributed by atoms with Crippen LogP contribution in [0.2, 0.25) is 0 Å². The van der Waals surface area contributed by atoms with Gasteiger partial charge in [-0.2, -0.15) is 0 Å². The number of aromatic nitrogens is 1. The van der Waals surface area contributed by atoms with E-state index < -0.39 is 0 Å². The van der Waals surface area contributed by atoms with Crippen molar-refractivity contribution >= 4 is 11.3 Å². The van der Waals surface area contributed by atoms with Crippen LogP contribution >= 0.6 is 11.3 Å². The zero-order valence-electron chi connectivity index (χ0n) is 10.1. The first-order valence-corrected chi connectivity index (χ1v) is 6.07. The highest BCUT2D eigenvalue weighted by atomic mass is 32.1. The minimum absolute atomic E-state index is 0.118. The molecule has 0 atom stereocenters. The van der Waals surface area contributed by atoms with Crippen molar-refractivity contribution < 1.29 is 0 Å². The molecular weight excluding hydrogens is 206 g/mol. The Hall–Kier alpha value is -0.450. The fraction of sp³-hybridized carbons (Fsp3) is 0.727. The van der Waals surface area contributed by atoms with E-state index in [1.807, 2.05) is 6.20 Å². The summed E-state index contributed by atoms with van der Waals surface area (Å²) in [6, 6.07) is 0. The number of hydrogen-bond acceptors (Lipinski definition) is 4. The third-order valence-electron chi connectivity index (χ3n) is 2.05. The number of thiazole rings is 1. The summed E-state index contributed by atoms with van der Waals surface area (Å²) in [7, 11) is 2.11. The van der Waals surface area contributed by atoms with E-state index >= 15 is 0 Å². The molecule has 0 saturated carbocycles. The van der Waals surface area contributed by atoms with E-state index in [1.165, 1.54) is 9.88 Å². The molecule has 4 heteroatoms. The molecule has 0 aliphatic heterocycles. The fourth-order valence-electron chi connectivity index (χ4n) is 1.58. The first kappa shape index (κ1) is 12.6. The Morgan fingerprint density at radius 2 is 2.20 bits per heavy atom. The van der Waals surface area contributed by atoms with E-state index in [4.69, 9.17) is 5.73 Å². The minimum atomic E-state index is -0.118. The van der Waals surface area contributed by atoms with Gasteiger partial charge in [-0.1, -0.05) is 0 Å². The topological polar surface area (TPSA) is 42.2 Å². The predicted octanol–water partition coefficient (Wildman–Crippen LogP) is 1.66. The number of nitrogens with zero attached hydrogens (tertiary/aromatic N) is 2. The molecule has 0 radical (unpaired) electrons. The third kappa shape index (κ3) is 5.25. The van der Waals surface area contributed by atoms with E-state index in [0.717, 1.165) is 19.5 Å². The van der Waals surface area contributed by atoms with Crippen LogP contribution < -0.4 is 5.73 Å². The van der Waals surface area contributed by atoms with Crippen LogP contribution in [0.1, 0.15) is 23.7 Å². The molecule has 0 aliphatic rings. The van der Waals surface area contributed by atoms with E-state index in [0.29, 0.717) is 0 Å². The van der Waals surface area contributed by atoms with Crippen LogP contribution in [-0.2, 0) is 6.42 Å². The number of likely N-dealkylation sites (N-methyl/N-ethyl adjacent to an activating group) is 1. The second-order valence-corrected chi connectivity index (χ2v) is 6.16. The molecule has 3 nitrogen and oxygen atoms in total. The van der Waals surface area contributed by atoms with Gasteiger partial charge in [-0.15, -0.1) is 11.3 Å². The monoisotopic (exact) mass is 227 g/mol. The molecule has 86 valence electrons. The molecular formula is C11H21N3S. The van der Waals surface area contributed by atoms with Gasteiger partial charge in [0.25, 0.3) is 0 Å². The summed E-state index contributed by atoms with van der Waals surface area (Å²) in [6.45, 7) is 8.13. The quantitative estimate of drug-likeness (QED) is 0.832. The van der Waals surface area contributed by atoms with Crippen LogP contribution in [0.4, 0.5) is 0 Å². The molecule has 0 unspecified atom stereocenters. The van der Waals surface area contributed by atoms with Crippen molar-refractivity contribution in [3.63, 3.8) is 0 Å². The van der Waals surface area contributed by atoms with Crippen molar-refractivity contribution in [1.82, 2.24) is 9.88 Å². The van der Waals surface area contributed by atoms with Gasteiger partial charge in [0.2, 0.25) is 0 Å². The summed E-state index contributed by atoms with van der Waals surface area (Å²) in [5.41, 5.74) is 5.84. The average Bonchev–Trinajstić information content (AvgIpc) is 2.45. The summed E-state index contributed by atoms with van der Waals surface area (Å²) in [4.78, 5) is 7.89. The molecule has 1 aromatic rings. The van der Waals surface area contributed by atoms with E-state index in [1.54, 1.807) is 11.3 Å². The third-order valence-corrected chi connectivity index (χ3v) is 3.03. The van der Waals surface area contributed by atoms with Gasteiger partial charge in [0.1, 0.15) is 0 Å². The van der Waals surface area contributed by atoms with Crippen molar-refractivity contribution in [1.29, 1.82) is 0 Å². The Kier molecular flexibility index (Phi) is 4.25. The van der Waals surface area contributed by atoms with Crippen molar-refractivity contribution in [3.05, 3.63) is 16.1 Å². The Bertz CT molecular complexity index is 301. The smallest absolute Gasteiger partial charge is 0.0940 e. The molecule has 0 aromatic carbocycles. The molecule has 0 aliphatic carbocycles. The highest BCUT2D eigenvalue weighted by Crippen LogP contribution is 2.12. The summed E-state index contributed by atoms with van der Waals surface area (Å²) in [5.74, 6) is 0. The fourth-order valence-corrected chi connectivity index (χ4v) is 2.35. The molecule has 0 fully saturated rings. The molecule has 1 aromatic heterocycles. The first-order valence-electron chi connectivity index (χ1n) is 5.25. The van der Waals surface area contributed by atoms with E-state index in [2.05, 4.69) is 37.7 Å². The maximum absolute atomic E-state index is 5.95. The van der Waals surface area contributed by atoms with Crippen LogP contribution in [0, 0.1) is 6.92 Å². The van der Waals surface area contributed by atoms with Gasteiger partial charge in [0, 0.05) is 36.1 Å². The summed E-state index contributed by atoms with van der Waals surface area (Å²) in [5, 5.41) is 1.22. The SMILES string of the molecule is Cc1cnc(CCN(C)CC(C)(C)N)s1. The zero-order valence-corrected chi connectivity index (χ0v) is 10.9. The Labute approximate surface area is 96.3 Å². The number of aryl methyl sites for hydroxylation is 1.